The smallest absolute Gasteiger partial charge is 0.244 e. The molecule has 0 saturated carbocycles. The van der Waals surface area contributed by atoms with E-state index in [0.29, 0.717) is 22.5 Å². The van der Waals surface area contributed by atoms with Gasteiger partial charge in [0.1, 0.15) is 0 Å². The highest BCUT2D eigenvalue weighted by Crippen LogP contribution is 2.29. The van der Waals surface area contributed by atoms with Crippen molar-refractivity contribution in [2.24, 2.45) is 0 Å². The number of piperazine rings is 1. The Hall–Kier alpha value is -0.430. The number of sulfonamides is 1. The van der Waals surface area contributed by atoms with Gasteiger partial charge < -0.3 is 5.32 Å². The third kappa shape index (κ3) is 2.86. The molecule has 0 spiro atoms. The lowest BCUT2D eigenvalue weighted by molar-refractivity contribution is 0.220. The maximum atomic E-state index is 12.8. The quantitative estimate of drug-likeness (QED) is 0.892. The van der Waals surface area contributed by atoms with Crippen LogP contribution >= 0.6 is 15.9 Å². The second kappa shape index (κ2) is 5.52. The Bertz CT molecular complexity index is 564. The summed E-state index contributed by atoms with van der Waals surface area (Å²) in [6, 6.07) is 5.26. The van der Waals surface area contributed by atoms with Gasteiger partial charge in [-0.05, 0) is 54.4 Å². The van der Waals surface area contributed by atoms with E-state index < -0.39 is 10.0 Å². The summed E-state index contributed by atoms with van der Waals surface area (Å²) in [5.41, 5.74) is 1.03. The van der Waals surface area contributed by atoms with Gasteiger partial charge in [0.05, 0.1) is 4.90 Å². The fourth-order valence-corrected chi connectivity index (χ4v) is 5.49. The molecule has 1 heterocycles. The predicted molar refractivity (Wildman–Crippen MR) is 79.7 cm³/mol. The van der Waals surface area contributed by atoms with Gasteiger partial charge in [0.15, 0.2) is 0 Å². The van der Waals surface area contributed by atoms with Crippen molar-refractivity contribution in [3.63, 3.8) is 0 Å². The summed E-state index contributed by atoms with van der Waals surface area (Å²) in [5.74, 6) is 0. The number of nitrogens with one attached hydrogen (secondary N) is 1. The lowest BCUT2D eigenvalue weighted by Gasteiger charge is -2.38. The SMILES string of the molecule is Cc1ccc(S(=O)(=O)N2C(C)CNCC2C)c(Br)c1. The van der Waals surface area contributed by atoms with E-state index in [4.69, 9.17) is 0 Å². The molecular weight excluding hydrogens is 328 g/mol. The zero-order valence-corrected chi connectivity index (χ0v) is 13.8. The minimum atomic E-state index is -3.46. The fraction of sp³-hybridized carbons (Fsp3) is 0.538. The summed E-state index contributed by atoms with van der Waals surface area (Å²) in [6.45, 7) is 7.18. The van der Waals surface area contributed by atoms with E-state index >= 15 is 0 Å². The molecule has 0 aromatic heterocycles. The molecule has 1 aromatic carbocycles. The van der Waals surface area contributed by atoms with Crippen LogP contribution in [0.3, 0.4) is 0 Å². The molecule has 19 heavy (non-hydrogen) atoms. The summed E-state index contributed by atoms with van der Waals surface area (Å²) in [4.78, 5) is 0.346. The lowest BCUT2D eigenvalue weighted by Crippen LogP contribution is -2.57. The molecule has 0 bridgehead atoms. The molecule has 1 saturated heterocycles. The van der Waals surface area contributed by atoms with Gasteiger partial charge in [0, 0.05) is 29.6 Å². The Labute approximate surface area is 123 Å². The van der Waals surface area contributed by atoms with Crippen LogP contribution in [0, 0.1) is 6.92 Å². The monoisotopic (exact) mass is 346 g/mol. The van der Waals surface area contributed by atoms with E-state index in [9.17, 15) is 8.42 Å². The average molecular weight is 347 g/mol. The third-order valence-electron chi connectivity index (χ3n) is 3.39. The number of benzene rings is 1. The first kappa shape index (κ1) is 15.0. The number of nitrogens with zero attached hydrogens (tertiary/aromatic N) is 1. The Morgan fingerprint density at radius 2 is 1.84 bits per heavy atom. The Balaban J connectivity index is 2.46. The fourth-order valence-electron chi connectivity index (χ4n) is 2.52. The highest BCUT2D eigenvalue weighted by molar-refractivity contribution is 9.10. The van der Waals surface area contributed by atoms with Gasteiger partial charge in [-0.2, -0.15) is 4.31 Å². The molecular formula is C13H19BrN2O2S. The lowest BCUT2D eigenvalue weighted by atomic mass is 10.2. The summed E-state index contributed by atoms with van der Waals surface area (Å²) >= 11 is 3.37. The van der Waals surface area contributed by atoms with Crippen LogP contribution in [0.4, 0.5) is 0 Å². The molecule has 1 aliphatic rings. The van der Waals surface area contributed by atoms with Crippen LogP contribution in [0.15, 0.2) is 27.6 Å². The Morgan fingerprint density at radius 1 is 1.26 bits per heavy atom. The highest BCUT2D eigenvalue weighted by Gasteiger charge is 2.36. The molecule has 1 aliphatic heterocycles. The molecule has 0 radical (unpaired) electrons. The number of aryl methyl sites for hydroxylation is 1. The number of halogens is 1. The zero-order chi connectivity index (χ0) is 14.2. The second-order valence-corrected chi connectivity index (χ2v) is 7.79. The molecule has 106 valence electrons. The van der Waals surface area contributed by atoms with Gasteiger partial charge >= 0.3 is 0 Å². The van der Waals surface area contributed by atoms with Crippen molar-refractivity contribution in [1.29, 1.82) is 0 Å². The van der Waals surface area contributed by atoms with Crippen molar-refractivity contribution in [1.82, 2.24) is 9.62 Å². The van der Waals surface area contributed by atoms with E-state index in [1.807, 2.05) is 32.9 Å². The average Bonchev–Trinajstić information content (AvgIpc) is 2.27. The first-order chi connectivity index (χ1) is 8.84. The van der Waals surface area contributed by atoms with Crippen LogP contribution in [0.5, 0.6) is 0 Å². The van der Waals surface area contributed by atoms with E-state index in [2.05, 4.69) is 21.2 Å². The van der Waals surface area contributed by atoms with Crippen LogP contribution in [0.25, 0.3) is 0 Å². The van der Waals surface area contributed by atoms with Gasteiger partial charge in [0.25, 0.3) is 0 Å². The first-order valence-electron chi connectivity index (χ1n) is 6.34. The molecule has 1 N–H and O–H groups in total. The maximum Gasteiger partial charge on any atom is 0.244 e. The van der Waals surface area contributed by atoms with E-state index in [0.717, 1.165) is 5.56 Å². The molecule has 2 rings (SSSR count). The largest absolute Gasteiger partial charge is 0.314 e. The summed E-state index contributed by atoms with van der Waals surface area (Å²) < 4.78 is 27.9. The van der Waals surface area contributed by atoms with Gasteiger partial charge in [0.2, 0.25) is 10.0 Å². The van der Waals surface area contributed by atoms with Gasteiger partial charge in [-0.15, -0.1) is 0 Å². The second-order valence-electron chi connectivity index (χ2n) is 5.13. The van der Waals surface area contributed by atoms with Gasteiger partial charge in [-0.1, -0.05) is 6.07 Å². The van der Waals surface area contributed by atoms with Gasteiger partial charge in [-0.25, -0.2) is 8.42 Å². The molecule has 0 aliphatic carbocycles. The van der Waals surface area contributed by atoms with Crippen LogP contribution in [0.1, 0.15) is 19.4 Å². The van der Waals surface area contributed by atoms with Gasteiger partial charge in [-0.3, -0.25) is 0 Å². The zero-order valence-electron chi connectivity index (χ0n) is 11.4. The summed E-state index contributed by atoms with van der Waals surface area (Å²) in [7, 11) is -3.46. The maximum absolute atomic E-state index is 12.8. The normalized spacial score (nSPS) is 25.5. The topological polar surface area (TPSA) is 49.4 Å². The van der Waals surface area contributed by atoms with Crippen LogP contribution < -0.4 is 5.32 Å². The van der Waals surface area contributed by atoms with Crippen molar-refractivity contribution in [3.05, 3.63) is 28.2 Å². The number of rotatable bonds is 2. The van der Waals surface area contributed by atoms with E-state index in [1.54, 1.807) is 10.4 Å². The van der Waals surface area contributed by atoms with Crippen LogP contribution in [0.2, 0.25) is 0 Å². The summed E-state index contributed by atoms with van der Waals surface area (Å²) in [6.07, 6.45) is 0. The molecule has 4 nitrogen and oxygen atoms in total. The molecule has 1 aromatic rings. The minimum Gasteiger partial charge on any atom is -0.314 e. The van der Waals surface area contributed by atoms with Crippen molar-refractivity contribution in [2.75, 3.05) is 13.1 Å². The third-order valence-corrected chi connectivity index (χ3v) is 6.50. The van der Waals surface area contributed by atoms with Crippen LogP contribution in [-0.4, -0.2) is 37.9 Å². The molecule has 1 fully saturated rings. The minimum absolute atomic E-state index is 0.0399. The number of hydrogen-bond donors (Lipinski definition) is 1. The first-order valence-corrected chi connectivity index (χ1v) is 8.57. The molecule has 2 unspecified atom stereocenters. The van der Waals surface area contributed by atoms with Crippen molar-refractivity contribution >= 4 is 26.0 Å². The van der Waals surface area contributed by atoms with Crippen molar-refractivity contribution in [2.45, 2.75) is 37.8 Å². The standard InChI is InChI=1S/C13H19BrN2O2S/c1-9-4-5-13(12(14)6-9)19(17,18)16-10(2)7-15-8-11(16)3/h4-6,10-11,15H,7-8H2,1-3H3. The van der Waals surface area contributed by atoms with E-state index in [-0.39, 0.29) is 12.1 Å². The van der Waals surface area contributed by atoms with Crippen molar-refractivity contribution in [3.8, 4) is 0 Å². The molecule has 6 heteroatoms. The summed E-state index contributed by atoms with van der Waals surface area (Å²) in [5, 5.41) is 3.24. The Kier molecular flexibility index (Phi) is 4.35. The highest BCUT2D eigenvalue weighted by atomic mass is 79.9. The Morgan fingerprint density at radius 3 is 2.37 bits per heavy atom. The predicted octanol–water partition coefficient (Wildman–Crippen LogP) is 2.13. The van der Waals surface area contributed by atoms with Crippen LogP contribution in [-0.2, 0) is 10.0 Å². The molecule has 2 atom stereocenters. The number of hydrogen-bond acceptors (Lipinski definition) is 3. The van der Waals surface area contributed by atoms with Crippen molar-refractivity contribution < 1.29 is 8.42 Å². The van der Waals surface area contributed by atoms with E-state index in [1.165, 1.54) is 0 Å². The molecule has 0 amide bonds.